The van der Waals surface area contributed by atoms with Gasteiger partial charge in [-0.2, -0.15) is 0 Å². The Morgan fingerprint density at radius 1 is 1.15 bits per heavy atom. The van der Waals surface area contributed by atoms with Gasteiger partial charge in [-0.15, -0.1) is 13.2 Å². The van der Waals surface area contributed by atoms with Crippen molar-refractivity contribution in [2.45, 2.75) is 45.6 Å². The monoisotopic (exact) mass is 198 g/mol. The Kier molecular flexibility index (Phi) is 8.05. The van der Waals surface area contributed by atoms with Gasteiger partial charge in [0, 0.05) is 6.10 Å². The Balaban J connectivity index is 3.89. The average molecular weight is 198 g/mol. The van der Waals surface area contributed by atoms with Gasteiger partial charge in [0.15, 0.2) is 0 Å². The summed E-state index contributed by atoms with van der Waals surface area (Å²) in [5.41, 5.74) is 3.87. The normalized spacial score (nSPS) is 10.8. The van der Waals surface area contributed by atoms with Crippen LogP contribution in [0, 0.1) is 0 Å². The zero-order valence-corrected chi connectivity index (χ0v) is 10.1. The molecule has 0 saturated carbocycles. The molecule has 0 aliphatic rings. The van der Waals surface area contributed by atoms with Crippen LogP contribution in [-0.4, -0.2) is 15.1 Å². The van der Waals surface area contributed by atoms with Crippen molar-refractivity contribution >= 4 is 9.04 Å². The smallest absolute Gasteiger partial charge is 0.224 e. The molecule has 0 atom stereocenters. The second-order valence-corrected chi connectivity index (χ2v) is 5.42. The van der Waals surface area contributed by atoms with Crippen molar-refractivity contribution in [2.75, 3.05) is 0 Å². The minimum atomic E-state index is -1.29. The molecular formula is C11H22OSi. The third-order valence-corrected chi connectivity index (χ3v) is 3.66. The molecule has 0 aromatic carbocycles. The van der Waals surface area contributed by atoms with Crippen LogP contribution in [0.15, 0.2) is 24.6 Å². The minimum Gasteiger partial charge on any atom is -0.409 e. The van der Waals surface area contributed by atoms with E-state index in [1.807, 2.05) is 11.4 Å². The van der Waals surface area contributed by atoms with Gasteiger partial charge in [-0.1, -0.05) is 38.1 Å². The van der Waals surface area contributed by atoms with E-state index in [1.54, 1.807) is 0 Å². The van der Waals surface area contributed by atoms with E-state index in [0.29, 0.717) is 6.10 Å². The fourth-order valence-electron chi connectivity index (χ4n) is 1.35. The summed E-state index contributed by atoms with van der Waals surface area (Å²) >= 11 is 0. The number of hydrogen-bond donors (Lipinski definition) is 0. The van der Waals surface area contributed by atoms with E-state index in [1.165, 1.54) is 25.7 Å². The molecular weight excluding hydrogens is 176 g/mol. The molecule has 0 amide bonds. The van der Waals surface area contributed by atoms with E-state index in [4.69, 9.17) is 4.43 Å². The summed E-state index contributed by atoms with van der Waals surface area (Å²) in [7, 11) is -1.29. The van der Waals surface area contributed by atoms with Crippen LogP contribution in [0.3, 0.4) is 0 Å². The third-order valence-electron chi connectivity index (χ3n) is 2.04. The van der Waals surface area contributed by atoms with Crippen molar-refractivity contribution in [1.82, 2.24) is 0 Å². The molecule has 2 heteroatoms. The van der Waals surface area contributed by atoms with Crippen LogP contribution < -0.4 is 0 Å². The van der Waals surface area contributed by atoms with Crippen molar-refractivity contribution in [2.24, 2.45) is 0 Å². The van der Waals surface area contributed by atoms with Crippen LogP contribution in [-0.2, 0) is 4.43 Å². The Bertz CT molecular complexity index is 131. The summed E-state index contributed by atoms with van der Waals surface area (Å²) in [6.45, 7) is 11.9. The SMILES string of the molecule is C=C[SiH](C=C)OC(CCC)CCC. The maximum Gasteiger partial charge on any atom is 0.224 e. The van der Waals surface area contributed by atoms with E-state index >= 15 is 0 Å². The summed E-state index contributed by atoms with van der Waals surface area (Å²) in [4.78, 5) is 0. The fraction of sp³-hybridized carbons (Fsp3) is 0.636. The highest BCUT2D eigenvalue weighted by atomic mass is 28.3. The molecule has 0 unspecified atom stereocenters. The Morgan fingerprint density at radius 3 is 1.92 bits per heavy atom. The highest BCUT2D eigenvalue weighted by Gasteiger charge is 2.11. The Labute approximate surface area is 84.2 Å². The molecule has 0 aromatic rings. The standard InChI is InChI=1S/C11H22OSi/c1-5-9-11(10-6-2)12-13(7-3)8-4/h7-8,11,13H,3-6,9-10H2,1-2H3. The zero-order valence-electron chi connectivity index (χ0n) is 8.96. The predicted octanol–water partition coefficient (Wildman–Crippen LogP) is 3.15. The Morgan fingerprint density at radius 2 is 1.62 bits per heavy atom. The molecule has 76 valence electrons. The van der Waals surface area contributed by atoms with Gasteiger partial charge >= 0.3 is 0 Å². The first-order chi connectivity index (χ1) is 6.28. The summed E-state index contributed by atoms with van der Waals surface area (Å²) in [5, 5.41) is 0. The zero-order chi connectivity index (χ0) is 10.1. The lowest BCUT2D eigenvalue weighted by atomic mass is 10.1. The van der Waals surface area contributed by atoms with Crippen molar-refractivity contribution in [1.29, 1.82) is 0 Å². The first kappa shape index (κ1) is 12.7. The molecule has 0 spiro atoms. The van der Waals surface area contributed by atoms with Gasteiger partial charge in [0.25, 0.3) is 0 Å². The number of hydrogen-bond acceptors (Lipinski definition) is 1. The van der Waals surface area contributed by atoms with E-state index in [2.05, 4.69) is 27.0 Å². The van der Waals surface area contributed by atoms with Gasteiger partial charge in [-0.05, 0) is 12.8 Å². The molecule has 1 nitrogen and oxygen atoms in total. The van der Waals surface area contributed by atoms with Crippen LogP contribution in [0.5, 0.6) is 0 Å². The van der Waals surface area contributed by atoms with E-state index in [-0.39, 0.29) is 0 Å². The minimum absolute atomic E-state index is 0.433. The summed E-state index contributed by atoms with van der Waals surface area (Å²) in [6, 6.07) is 0. The van der Waals surface area contributed by atoms with Gasteiger partial charge in [-0.25, -0.2) is 0 Å². The summed E-state index contributed by atoms with van der Waals surface area (Å²) in [6.07, 6.45) is 5.15. The molecule has 0 bridgehead atoms. The van der Waals surface area contributed by atoms with Gasteiger partial charge in [0.05, 0.1) is 0 Å². The molecule has 0 rings (SSSR count). The van der Waals surface area contributed by atoms with Crippen molar-refractivity contribution in [3.05, 3.63) is 24.6 Å². The maximum atomic E-state index is 5.93. The van der Waals surface area contributed by atoms with E-state index in [9.17, 15) is 0 Å². The first-order valence-electron chi connectivity index (χ1n) is 5.19. The molecule has 0 fully saturated rings. The second-order valence-electron chi connectivity index (χ2n) is 3.27. The topological polar surface area (TPSA) is 9.23 Å². The van der Waals surface area contributed by atoms with Crippen molar-refractivity contribution < 1.29 is 4.43 Å². The largest absolute Gasteiger partial charge is 0.409 e. The lowest BCUT2D eigenvalue weighted by molar-refractivity contribution is 0.184. The van der Waals surface area contributed by atoms with Gasteiger partial charge in [-0.3, -0.25) is 0 Å². The van der Waals surface area contributed by atoms with Crippen LogP contribution in [0.1, 0.15) is 39.5 Å². The molecule has 0 aliphatic carbocycles. The predicted molar refractivity (Wildman–Crippen MR) is 62.2 cm³/mol. The van der Waals surface area contributed by atoms with Crippen LogP contribution in [0.4, 0.5) is 0 Å². The maximum absolute atomic E-state index is 5.93. The van der Waals surface area contributed by atoms with Crippen LogP contribution in [0.2, 0.25) is 0 Å². The average Bonchev–Trinajstić information content (AvgIpc) is 2.14. The molecule has 13 heavy (non-hydrogen) atoms. The molecule has 0 aliphatic heterocycles. The molecule has 0 N–H and O–H groups in total. The molecule has 0 saturated heterocycles. The lowest BCUT2D eigenvalue weighted by Crippen LogP contribution is -2.22. The molecule has 0 aromatic heterocycles. The van der Waals surface area contributed by atoms with E-state index in [0.717, 1.165) is 0 Å². The number of rotatable bonds is 8. The van der Waals surface area contributed by atoms with Crippen LogP contribution in [0.25, 0.3) is 0 Å². The molecule has 0 radical (unpaired) electrons. The lowest BCUT2D eigenvalue weighted by Gasteiger charge is -2.19. The van der Waals surface area contributed by atoms with Crippen molar-refractivity contribution in [3.63, 3.8) is 0 Å². The van der Waals surface area contributed by atoms with E-state index < -0.39 is 9.04 Å². The summed E-state index contributed by atoms with van der Waals surface area (Å²) < 4.78 is 5.93. The third kappa shape index (κ3) is 5.83. The summed E-state index contributed by atoms with van der Waals surface area (Å²) in [5.74, 6) is 0. The second kappa shape index (κ2) is 8.26. The highest BCUT2D eigenvalue weighted by Crippen LogP contribution is 2.11. The highest BCUT2D eigenvalue weighted by molar-refractivity contribution is 6.62. The van der Waals surface area contributed by atoms with Gasteiger partial charge in [0.2, 0.25) is 9.04 Å². The van der Waals surface area contributed by atoms with Crippen LogP contribution >= 0.6 is 0 Å². The fourth-order valence-corrected chi connectivity index (χ4v) is 2.49. The first-order valence-corrected chi connectivity index (χ1v) is 6.99. The molecule has 0 heterocycles. The van der Waals surface area contributed by atoms with Gasteiger partial charge < -0.3 is 4.43 Å². The quantitative estimate of drug-likeness (QED) is 0.544. The Hall–Kier alpha value is -0.343. The van der Waals surface area contributed by atoms with Crippen molar-refractivity contribution in [3.8, 4) is 0 Å². The van der Waals surface area contributed by atoms with Gasteiger partial charge in [0.1, 0.15) is 0 Å².